The van der Waals surface area contributed by atoms with Crippen molar-refractivity contribution < 1.29 is 14.7 Å². The second-order valence-corrected chi connectivity index (χ2v) is 4.91. The van der Waals surface area contributed by atoms with Crippen molar-refractivity contribution in [2.24, 2.45) is 0 Å². The van der Waals surface area contributed by atoms with E-state index in [9.17, 15) is 24.3 Å². The Morgan fingerprint density at radius 1 is 1.22 bits per heavy atom. The molecule has 1 amide bonds. The number of Topliss-reactive ketones (excluding diaryl/α,β-unsaturated/α-hetero) is 1. The fraction of sp³-hybridized carbons (Fsp3) is 0.200. The van der Waals surface area contributed by atoms with Gasteiger partial charge in [-0.3, -0.25) is 23.9 Å². The highest BCUT2D eigenvalue weighted by molar-refractivity contribution is 5.97. The number of H-pyrrole nitrogens is 1. The lowest BCUT2D eigenvalue weighted by molar-refractivity contribution is -0.116. The van der Waals surface area contributed by atoms with E-state index in [-0.39, 0.29) is 18.9 Å². The zero-order chi connectivity index (χ0) is 17.0. The molecule has 0 atom stereocenters. The van der Waals surface area contributed by atoms with E-state index in [2.05, 4.69) is 5.32 Å². The van der Waals surface area contributed by atoms with Gasteiger partial charge >= 0.3 is 5.69 Å². The fourth-order valence-corrected chi connectivity index (χ4v) is 1.97. The Morgan fingerprint density at radius 3 is 2.48 bits per heavy atom. The highest BCUT2D eigenvalue weighted by atomic mass is 16.3. The molecular formula is C15H15N3O5. The lowest BCUT2D eigenvalue weighted by Gasteiger charge is -2.11. The minimum Gasteiger partial charge on any atom is -0.494 e. The molecule has 0 aliphatic heterocycles. The first-order valence-electron chi connectivity index (χ1n) is 6.77. The molecule has 2 aromatic rings. The van der Waals surface area contributed by atoms with Crippen molar-refractivity contribution in [1.29, 1.82) is 0 Å². The molecule has 1 aromatic heterocycles. The van der Waals surface area contributed by atoms with E-state index in [0.29, 0.717) is 5.56 Å². The van der Waals surface area contributed by atoms with Crippen molar-refractivity contribution in [2.45, 2.75) is 13.5 Å². The number of nitrogens with zero attached hydrogens (tertiary/aromatic N) is 1. The molecule has 0 saturated carbocycles. The summed E-state index contributed by atoms with van der Waals surface area (Å²) in [5.74, 6) is -1.99. The summed E-state index contributed by atoms with van der Waals surface area (Å²) in [6, 6.07) is 8.76. The number of carbonyl (C=O) groups is 2. The predicted octanol–water partition coefficient (Wildman–Crippen LogP) is -0.391. The molecule has 0 aliphatic carbocycles. The number of benzene rings is 1. The van der Waals surface area contributed by atoms with Crippen LogP contribution in [-0.2, 0) is 11.3 Å². The van der Waals surface area contributed by atoms with Crippen molar-refractivity contribution in [2.75, 3.05) is 6.54 Å². The maximum absolute atomic E-state index is 11.9. The summed E-state index contributed by atoms with van der Waals surface area (Å²) in [6.45, 7) is 0.964. The molecule has 0 saturated heterocycles. The molecular weight excluding hydrogens is 302 g/mol. The van der Waals surface area contributed by atoms with Crippen LogP contribution in [0.25, 0.3) is 0 Å². The van der Waals surface area contributed by atoms with Crippen LogP contribution in [0.2, 0.25) is 0 Å². The number of nitrogens with one attached hydrogen (secondary N) is 2. The largest absolute Gasteiger partial charge is 0.494 e. The Morgan fingerprint density at radius 2 is 1.87 bits per heavy atom. The van der Waals surface area contributed by atoms with Gasteiger partial charge in [0.05, 0.1) is 13.1 Å². The van der Waals surface area contributed by atoms with Gasteiger partial charge in [0.2, 0.25) is 5.88 Å². The van der Waals surface area contributed by atoms with Crippen molar-refractivity contribution in [3.8, 4) is 5.88 Å². The lowest BCUT2D eigenvalue weighted by Crippen LogP contribution is -2.38. The van der Waals surface area contributed by atoms with Crippen LogP contribution in [0.3, 0.4) is 0 Å². The van der Waals surface area contributed by atoms with Gasteiger partial charge in [-0.25, -0.2) is 4.79 Å². The number of aromatic hydroxyl groups is 1. The highest BCUT2D eigenvalue weighted by Crippen LogP contribution is 2.12. The fourth-order valence-electron chi connectivity index (χ4n) is 1.97. The topological polar surface area (TPSA) is 121 Å². The van der Waals surface area contributed by atoms with Crippen molar-refractivity contribution in [3.63, 3.8) is 0 Å². The van der Waals surface area contributed by atoms with Crippen LogP contribution >= 0.6 is 0 Å². The quantitative estimate of drug-likeness (QED) is 0.693. The zero-order valence-electron chi connectivity index (χ0n) is 12.3. The number of amides is 1. The van der Waals surface area contributed by atoms with Crippen molar-refractivity contribution in [1.82, 2.24) is 14.9 Å². The predicted molar refractivity (Wildman–Crippen MR) is 81.5 cm³/mol. The number of ketones is 1. The summed E-state index contributed by atoms with van der Waals surface area (Å²) in [5, 5.41) is 12.4. The van der Waals surface area contributed by atoms with Gasteiger partial charge < -0.3 is 10.4 Å². The van der Waals surface area contributed by atoms with E-state index in [0.717, 1.165) is 4.57 Å². The molecule has 0 bridgehead atoms. The molecule has 120 valence electrons. The third-order valence-electron chi connectivity index (χ3n) is 3.08. The minimum atomic E-state index is -1.02. The van der Waals surface area contributed by atoms with Crippen LogP contribution in [0.15, 0.2) is 39.9 Å². The summed E-state index contributed by atoms with van der Waals surface area (Å²) >= 11 is 0. The maximum atomic E-state index is 11.9. The molecule has 0 unspecified atom stereocenters. The molecule has 8 nitrogen and oxygen atoms in total. The molecule has 0 spiro atoms. The van der Waals surface area contributed by atoms with Gasteiger partial charge in [-0.05, 0) is 12.5 Å². The van der Waals surface area contributed by atoms with Gasteiger partial charge in [-0.15, -0.1) is 0 Å². The first kappa shape index (κ1) is 16.2. The van der Waals surface area contributed by atoms with E-state index in [4.69, 9.17) is 0 Å². The molecule has 3 N–H and O–H groups in total. The first-order valence-corrected chi connectivity index (χ1v) is 6.77. The maximum Gasteiger partial charge on any atom is 0.331 e. The van der Waals surface area contributed by atoms with E-state index in [1.807, 2.05) is 4.98 Å². The third-order valence-corrected chi connectivity index (χ3v) is 3.08. The Hall–Kier alpha value is -3.16. The van der Waals surface area contributed by atoms with Crippen molar-refractivity contribution >= 4 is 11.7 Å². The van der Waals surface area contributed by atoms with Crippen LogP contribution in [0.1, 0.15) is 22.8 Å². The van der Waals surface area contributed by atoms with Gasteiger partial charge in [0, 0.05) is 0 Å². The summed E-state index contributed by atoms with van der Waals surface area (Å²) in [4.78, 5) is 48.5. The molecule has 0 aliphatic rings. The van der Waals surface area contributed by atoms with Crippen LogP contribution in [0.4, 0.5) is 0 Å². The number of aromatic amines is 1. The average Bonchev–Trinajstić information content (AvgIpc) is 2.50. The molecule has 2 rings (SSSR count). The smallest absolute Gasteiger partial charge is 0.331 e. The molecule has 1 aromatic carbocycles. The van der Waals surface area contributed by atoms with Crippen LogP contribution in [0.5, 0.6) is 5.88 Å². The molecule has 8 heteroatoms. The Kier molecular flexibility index (Phi) is 4.75. The standard InChI is InChI=1S/C15H15N3O5/c1-9(19)7-16-12(20)11-13(21)17-15(23)18(14(11)22)8-10-5-3-2-4-6-10/h2-6,22H,7-8H2,1H3,(H,16,20)(H,17,21,23). The Bertz CT molecular complexity index is 852. The lowest BCUT2D eigenvalue weighted by atomic mass is 10.2. The van der Waals surface area contributed by atoms with E-state index in [1.165, 1.54) is 6.92 Å². The van der Waals surface area contributed by atoms with Gasteiger partial charge in [-0.2, -0.15) is 0 Å². The van der Waals surface area contributed by atoms with Crippen LogP contribution in [-0.4, -0.2) is 32.9 Å². The second-order valence-electron chi connectivity index (χ2n) is 4.91. The Labute approximate surface area is 130 Å². The number of hydrogen-bond acceptors (Lipinski definition) is 5. The van der Waals surface area contributed by atoms with Crippen LogP contribution < -0.4 is 16.6 Å². The first-order chi connectivity index (χ1) is 10.9. The van der Waals surface area contributed by atoms with E-state index in [1.54, 1.807) is 30.3 Å². The van der Waals surface area contributed by atoms with Crippen LogP contribution in [0, 0.1) is 0 Å². The van der Waals surface area contributed by atoms with Gasteiger partial charge in [0.1, 0.15) is 5.78 Å². The Balaban J connectivity index is 2.43. The summed E-state index contributed by atoms with van der Waals surface area (Å²) in [6.07, 6.45) is 0. The molecule has 0 radical (unpaired) electrons. The molecule has 0 fully saturated rings. The second kappa shape index (κ2) is 6.73. The summed E-state index contributed by atoms with van der Waals surface area (Å²) < 4.78 is 0.874. The van der Waals surface area contributed by atoms with Gasteiger partial charge in [0.15, 0.2) is 5.56 Å². The summed E-state index contributed by atoms with van der Waals surface area (Å²) in [5.41, 5.74) is -1.76. The monoisotopic (exact) mass is 317 g/mol. The third kappa shape index (κ3) is 3.73. The minimum absolute atomic E-state index is 0.0186. The number of hydrogen-bond donors (Lipinski definition) is 3. The van der Waals surface area contributed by atoms with E-state index < -0.39 is 28.6 Å². The highest BCUT2D eigenvalue weighted by Gasteiger charge is 2.21. The number of rotatable bonds is 5. The normalized spacial score (nSPS) is 10.3. The molecule has 23 heavy (non-hydrogen) atoms. The molecule has 1 heterocycles. The number of aromatic nitrogens is 2. The van der Waals surface area contributed by atoms with Gasteiger partial charge in [-0.1, -0.05) is 30.3 Å². The summed E-state index contributed by atoms with van der Waals surface area (Å²) in [7, 11) is 0. The van der Waals surface area contributed by atoms with Gasteiger partial charge in [0.25, 0.3) is 11.5 Å². The van der Waals surface area contributed by atoms with E-state index >= 15 is 0 Å². The average molecular weight is 317 g/mol. The SMILES string of the molecule is CC(=O)CNC(=O)c1c(O)n(Cc2ccccc2)c(=O)[nH]c1=O. The number of carbonyl (C=O) groups excluding carboxylic acids is 2. The zero-order valence-corrected chi connectivity index (χ0v) is 12.3. The van der Waals surface area contributed by atoms with Crippen molar-refractivity contribution in [3.05, 3.63) is 62.3 Å².